The number of phenolic OH excluding ortho intramolecular Hbond substituents is 2. The number of hydrogen-bond donors (Lipinski definition) is 5. The Balaban J connectivity index is 1.06. The molecule has 1 aliphatic heterocycles. The molecule has 1 fully saturated rings. The van der Waals surface area contributed by atoms with E-state index in [9.17, 15) is 15.0 Å². The van der Waals surface area contributed by atoms with Gasteiger partial charge >= 0.3 is 6.16 Å². The Kier molecular flexibility index (Phi) is 14.3. The lowest BCUT2D eigenvalue weighted by Gasteiger charge is -2.38. The van der Waals surface area contributed by atoms with Crippen LogP contribution < -0.4 is 10.1 Å². The van der Waals surface area contributed by atoms with Gasteiger partial charge in [0.1, 0.15) is 23.9 Å². The highest BCUT2D eigenvalue weighted by Gasteiger charge is 2.36. The van der Waals surface area contributed by atoms with Crippen molar-refractivity contribution in [3.63, 3.8) is 0 Å². The Labute approximate surface area is 319 Å². The molecule has 290 valence electrons. The smallest absolute Gasteiger partial charge is 0.508 e. The highest BCUT2D eigenvalue weighted by Crippen LogP contribution is 2.35. The van der Waals surface area contributed by atoms with Crippen LogP contribution in [0.4, 0.5) is 4.79 Å². The summed E-state index contributed by atoms with van der Waals surface area (Å²) in [5, 5.41) is 42.8. The van der Waals surface area contributed by atoms with Gasteiger partial charge in [-0.1, -0.05) is 78.9 Å². The third-order valence-electron chi connectivity index (χ3n) is 9.38. The van der Waals surface area contributed by atoms with E-state index in [4.69, 9.17) is 34.1 Å². The fraction of sp³-hybridized carbons (Fsp3) is 0.310. The molecule has 3 unspecified atom stereocenters. The molecule has 0 aliphatic carbocycles. The summed E-state index contributed by atoms with van der Waals surface area (Å²) >= 11 is 0. The number of carbonyl (C=O) groups is 1. The van der Waals surface area contributed by atoms with Gasteiger partial charge in [-0.3, -0.25) is 10.4 Å². The lowest BCUT2D eigenvalue weighted by atomic mass is 9.79. The maximum absolute atomic E-state index is 12.7. The number of benzene rings is 5. The summed E-state index contributed by atoms with van der Waals surface area (Å²) < 4.78 is 29.3. The van der Waals surface area contributed by atoms with Gasteiger partial charge in [-0.15, -0.1) is 0 Å². The van der Waals surface area contributed by atoms with Gasteiger partial charge in [0.05, 0.1) is 51.1 Å². The Bertz CT molecular complexity index is 1960. The average molecular weight is 755 g/mol. The number of nitrogens with zero attached hydrogens (tertiary/aromatic N) is 1. The summed E-state index contributed by atoms with van der Waals surface area (Å²) in [6.45, 7) is 2.72. The first kappa shape index (κ1) is 39.4. The van der Waals surface area contributed by atoms with Gasteiger partial charge in [0.25, 0.3) is 0 Å². The predicted molar refractivity (Wildman–Crippen MR) is 200 cm³/mol. The molecule has 0 bridgehead atoms. The molecule has 5 aromatic carbocycles. The summed E-state index contributed by atoms with van der Waals surface area (Å²) in [5.74, 6) is 0.824. The predicted octanol–water partition coefficient (Wildman–Crippen LogP) is 6.99. The van der Waals surface area contributed by atoms with Crippen LogP contribution in [-0.4, -0.2) is 71.2 Å². The monoisotopic (exact) mass is 754 g/mol. The molecule has 13 heteroatoms. The molecule has 0 amide bonds. The van der Waals surface area contributed by atoms with Crippen LogP contribution in [0.2, 0.25) is 0 Å². The number of carbonyl (C=O) groups excluding carboxylic acids is 1. The van der Waals surface area contributed by atoms with Crippen molar-refractivity contribution in [2.75, 3.05) is 32.9 Å². The number of nitrogens with one attached hydrogen (secondary N) is 1. The van der Waals surface area contributed by atoms with Gasteiger partial charge in [0.15, 0.2) is 0 Å². The SMILES string of the molecule is O=C(OCc1ccc(CON(O)O)cc1)OCC1CNCC(OCc2cc(O)c3ccccc3c2)C1c1ccc(OCCCOCc2ccccc2O)cc1. The van der Waals surface area contributed by atoms with Crippen molar-refractivity contribution >= 4 is 16.9 Å². The molecule has 13 nitrogen and oxygen atoms in total. The molecule has 0 radical (unpaired) electrons. The lowest BCUT2D eigenvalue weighted by molar-refractivity contribution is -0.497. The zero-order valence-electron chi connectivity index (χ0n) is 30.3. The maximum atomic E-state index is 12.7. The number of aromatic hydroxyl groups is 2. The quantitative estimate of drug-likeness (QED) is 0.0353. The number of phenols is 2. The van der Waals surface area contributed by atoms with Crippen LogP contribution in [0, 0.1) is 5.92 Å². The van der Waals surface area contributed by atoms with Crippen molar-refractivity contribution in [1.29, 1.82) is 0 Å². The fourth-order valence-electron chi connectivity index (χ4n) is 6.59. The Morgan fingerprint density at radius 2 is 1.47 bits per heavy atom. The van der Waals surface area contributed by atoms with Crippen molar-refractivity contribution in [2.45, 2.75) is 44.9 Å². The highest BCUT2D eigenvalue weighted by atomic mass is 17.1. The molecule has 3 atom stereocenters. The van der Waals surface area contributed by atoms with Crippen molar-refractivity contribution in [3.8, 4) is 17.2 Å². The molecular formula is C42H46N2O11. The summed E-state index contributed by atoms with van der Waals surface area (Å²) in [7, 11) is 0. The molecule has 5 N–H and O–H groups in total. The minimum atomic E-state index is -0.801. The summed E-state index contributed by atoms with van der Waals surface area (Å²) in [6, 6.07) is 33.3. The van der Waals surface area contributed by atoms with E-state index in [-0.39, 0.29) is 61.3 Å². The van der Waals surface area contributed by atoms with Gasteiger partial charge < -0.3 is 39.2 Å². The lowest BCUT2D eigenvalue weighted by Crippen LogP contribution is -2.48. The van der Waals surface area contributed by atoms with Gasteiger partial charge in [-0.05, 0) is 58.0 Å². The number of rotatable bonds is 18. The van der Waals surface area contributed by atoms with Crippen LogP contribution in [-0.2, 0) is 50.2 Å². The molecule has 1 saturated heterocycles. The van der Waals surface area contributed by atoms with Gasteiger partial charge in [-0.2, -0.15) is 0 Å². The van der Waals surface area contributed by atoms with E-state index in [0.717, 1.165) is 33.0 Å². The minimum absolute atomic E-state index is 0.00696. The molecule has 0 spiro atoms. The summed E-state index contributed by atoms with van der Waals surface area (Å²) in [6.07, 6.45) is -0.412. The second-order valence-electron chi connectivity index (χ2n) is 13.3. The average Bonchev–Trinajstić information content (AvgIpc) is 3.20. The summed E-state index contributed by atoms with van der Waals surface area (Å²) in [4.78, 5) is 17.3. The van der Waals surface area contributed by atoms with E-state index in [1.165, 1.54) is 0 Å². The second kappa shape index (κ2) is 19.9. The van der Waals surface area contributed by atoms with Crippen LogP contribution in [0.3, 0.4) is 0 Å². The van der Waals surface area contributed by atoms with Gasteiger partial charge in [0, 0.05) is 42.3 Å². The summed E-state index contributed by atoms with van der Waals surface area (Å²) in [5.41, 5.74) is 4.00. The van der Waals surface area contributed by atoms with Crippen LogP contribution in [0.15, 0.2) is 109 Å². The largest absolute Gasteiger partial charge is 0.508 e. The first-order chi connectivity index (χ1) is 26.8. The van der Waals surface area contributed by atoms with E-state index in [1.807, 2.05) is 66.7 Å². The molecule has 1 heterocycles. The minimum Gasteiger partial charge on any atom is -0.508 e. The van der Waals surface area contributed by atoms with Gasteiger partial charge in [-0.25, -0.2) is 9.63 Å². The van der Waals surface area contributed by atoms with Crippen LogP contribution in [0.1, 0.15) is 40.2 Å². The number of piperidine rings is 1. The number of ether oxygens (including phenoxy) is 5. The molecule has 0 saturated carbocycles. The second-order valence-corrected chi connectivity index (χ2v) is 13.3. The van der Waals surface area contributed by atoms with Crippen molar-refractivity contribution in [1.82, 2.24) is 10.7 Å². The molecule has 55 heavy (non-hydrogen) atoms. The molecule has 5 aromatic rings. The normalized spacial score (nSPS) is 17.0. The van der Waals surface area contributed by atoms with Crippen LogP contribution >= 0.6 is 0 Å². The zero-order valence-corrected chi connectivity index (χ0v) is 30.3. The highest BCUT2D eigenvalue weighted by molar-refractivity contribution is 5.88. The third-order valence-corrected chi connectivity index (χ3v) is 9.38. The number of fused-ring (bicyclic) bond motifs is 1. The van der Waals surface area contributed by atoms with Crippen LogP contribution in [0.5, 0.6) is 17.2 Å². The first-order valence-corrected chi connectivity index (χ1v) is 18.1. The Morgan fingerprint density at radius 1 is 0.727 bits per heavy atom. The van der Waals surface area contributed by atoms with Crippen LogP contribution in [0.25, 0.3) is 10.8 Å². The number of para-hydroxylation sites is 1. The Hall–Kier alpha value is -5.25. The van der Waals surface area contributed by atoms with Gasteiger partial charge in [0.2, 0.25) is 0 Å². The van der Waals surface area contributed by atoms with Crippen molar-refractivity contribution in [3.05, 3.63) is 137 Å². The van der Waals surface area contributed by atoms with E-state index < -0.39 is 6.16 Å². The van der Waals surface area contributed by atoms with E-state index in [2.05, 4.69) is 10.2 Å². The zero-order chi connectivity index (χ0) is 38.4. The van der Waals surface area contributed by atoms with E-state index in [1.54, 1.807) is 42.5 Å². The van der Waals surface area contributed by atoms with Crippen molar-refractivity contribution < 1.29 is 53.9 Å². The molecular weight excluding hydrogens is 708 g/mol. The maximum Gasteiger partial charge on any atom is 0.508 e. The Morgan fingerprint density at radius 3 is 2.25 bits per heavy atom. The molecule has 6 rings (SSSR count). The van der Waals surface area contributed by atoms with Crippen molar-refractivity contribution in [2.24, 2.45) is 5.92 Å². The number of hydrogen-bond acceptors (Lipinski definition) is 13. The van der Waals surface area contributed by atoms with E-state index >= 15 is 0 Å². The standard InChI is InChI=1S/C42H46N2O11/c45-38-9-4-2-7-34(38)27-50-18-5-19-51-36-16-14-32(15-17-36)41-35(28-54-42(47)53-24-29-10-12-30(13-11-29)26-55-44(48)49)22-43-23-40(41)52-25-31-20-33-6-1-3-8-37(33)39(46)21-31/h1-4,6-17,20-21,35,40-41,43,45-46,48-49H,5,18-19,22-28H2. The topological polar surface area (TPSA) is 169 Å². The first-order valence-electron chi connectivity index (χ1n) is 18.1. The van der Waals surface area contributed by atoms with E-state index in [0.29, 0.717) is 50.6 Å². The third kappa shape index (κ3) is 11.6. The fourth-order valence-corrected chi connectivity index (χ4v) is 6.59. The molecule has 1 aliphatic rings. The molecule has 0 aromatic heterocycles.